The summed E-state index contributed by atoms with van der Waals surface area (Å²) in [6.07, 6.45) is 8.54. The van der Waals surface area contributed by atoms with E-state index in [4.69, 9.17) is 4.74 Å². The highest BCUT2D eigenvalue weighted by Crippen LogP contribution is 2.35. The Hall–Kier alpha value is -0.120. The normalized spacial score (nSPS) is 29.2. The number of hydrogen-bond donors (Lipinski definition) is 1. The first-order chi connectivity index (χ1) is 8.90. The molecule has 0 aromatic rings. The molecule has 18 heavy (non-hydrogen) atoms. The first-order valence-corrected chi connectivity index (χ1v) is 7.82. The van der Waals surface area contributed by atoms with Gasteiger partial charge in [-0.05, 0) is 44.2 Å². The highest BCUT2D eigenvalue weighted by Gasteiger charge is 2.30. The van der Waals surface area contributed by atoms with Gasteiger partial charge in [0.25, 0.3) is 0 Å². The summed E-state index contributed by atoms with van der Waals surface area (Å²) in [7, 11) is 1.77. The zero-order valence-electron chi connectivity index (χ0n) is 12.0. The number of hydrogen-bond acceptors (Lipinski definition) is 3. The van der Waals surface area contributed by atoms with Crippen molar-refractivity contribution in [2.75, 3.05) is 46.4 Å². The molecule has 1 saturated heterocycles. The summed E-state index contributed by atoms with van der Waals surface area (Å²) < 4.78 is 5.05. The first-order valence-electron chi connectivity index (χ1n) is 7.82. The molecule has 1 saturated carbocycles. The number of rotatable bonds is 7. The summed E-state index contributed by atoms with van der Waals surface area (Å²) in [5.41, 5.74) is 0. The Morgan fingerprint density at radius 2 is 1.94 bits per heavy atom. The van der Waals surface area contributed by atoms with Gasteiger partial charge in [-0.3, -0.25) is 0 Å². The van der Waals surface area contributed by atoms with Crippen molar-refractivity contribution in [1.82, 2.24) is 10.2 Å². The molecule has 1 aliphatic carbocycles. The Balaban J connectivity index is 1.54. The van der Waals surface area contributed by atoms with Crippen molar-refractivity contribution in [3.05, 3.63) is 0 Å². The van der Waals surface area contributed by atoms with E-state index in [9.17, 15) is 0 Å². The van der Waals surface area contributed by atoms with Gasteiger partial charge in [-0.25, -0.2) is 0 Å². The predicted octanol–water partition coefficient (Wildman–Crippen LogP) is 2.12. The van der Waals surface area contributed by atoms with E-state index in [1.165, 1.54) is 51.7 Å². The molecule has 0 bridgehead atoms. The molecule has 1 aliphatic heterocycles. The van der Waals surface area contributed by atoms with Crippen LogP contribution in [0.2, 0.25) is 0 Å². The van der Waals surface area contributed by atoms with E-state index in [0.717, 1.165) is 38.0 Å². The van der Waals surface area contributed by atoms with Crippen molar-refractivity contribution < 1.29 is 4.74 Å². The van der Waals surface area contributed by atoms with Gasteiger partial charge in [0.2, 0.25) is 0 Å². The van der Waals surface area contributed by atoms with E-state index >= 15 is 0 Å². The highest BCUT2D eigenvalue weighted by molar-refractivity contribution is 4.83. The van der Waals surface area contributed by atoms with Crippen LogP contribution in [0.1, 0.15) is 38.5 Å². The van der Waals surface area contributed by atoms with E-state index < -0.39 is 0 Å². The van der Waals surface area contributed by atoms with Gasteiger partial charge in [0.15, 0.2) is 0 Å². The second-order valence-electron chi connectivity index (χ2n) is 5.99. The minimum atomic E-state index is 0.875. The summed E-state index contributed by atoms with van der Waals surface area (Å²) in [5.74, 6) is 2.07. The fraction of sp³-hybridized carbons (Fsp3) is 1.00. The summed E-state index contributed by atoms with van der Waals surface area (Å²) >= 11 is 0. The average Bonchev–Trinajstić information content (AvgIpc) is 2.42. The molecule has 2 rings (SSSR count). The molecule has 2 atom stereocenters. The largest absolute Gasteiger partial charge is 0.385 e. The lowest BCUT2D eigenvalue weighted by molar-refractivity contribution is 0.0874. The number of ether oxygens (including phenoxy) is 1. The topological polar surface area (TPSA) is 24.5 Å². The van der Waals surface area contributed by atoms with Crippen molar-refractivity contribution >= 4 is 0 Å². The summed E-state index contributed by atoms with van der Waals surface area (Å²) in [6.45, 7) is 7.04. The van der Waals surface area contributed by atoms with Crippen LogP contribution >= 0.6 is 0 Å². The second kappa shape index (κ2) is 8.13. The van der Waals surface area contributed by atoms with E-state index in [0.29, 0.717) is 0 Å². The van der Waals surface area contributed by atoms with E-state index in [-0.39, 0.29) is 0 Å². The molecule has 0 amide bonds. The van der Waals surface area contributed by atoms with Crippen LogP contribution in [0.3, 0.4) is 0 Å². The third-order valence-electron chi connectivity index (χ3n) is 4.68. The number of methoxy groups -OCH3 is 1. The Bertz CT molecular complexity index is 223. The van der Waals surface area contributed by atoms with Crippen LogP contribution in [0, 0.1) is 11.8 Å². The van der Waals surface area contributed by atoms with Crippen LogP contribution in [-0.2, 0) is 4.74 Å². The molecular formula is C15H30N2O. The molecule has 0 aromatic heterocycles. The molecule has 0 radical (unpaired) electrons. The lowest BCUT2D eigenvalue weighted by atomic mass is 9.75. The minimum absolute atomic E-state index is 0.875. The van der Waals surface area contributed by atoms with Crippen LogP contribution in [-0.4, -0.2) is 51.3 Å². The molecule has 3 nitrogen and oxygen atoms in total. The fourth-order valence-electron chi connectivity index (χ4n) is 3.58. The lowest BCUT2D eigenvalue weighted by Crippen LogP contribution is -2.44. The number of piperidine rings is 1. The standard InChI is InChI=1S/C15H30N2O/c1-18-12-4-8-16-9-11-17-10-7-14-5-2-3-6-15(14)13-17/h14-16H,2-13H2,1H3. The van der Waals surface area contributed by atoms with Crippen molar-refractivity contribution in [2.24, 2.45) is 11.8 Å². The third-order valence-corrected chi connectivity index (χ3v) is 4.68. The second-order valence-corrected chi connectivity index (χ2v) is 5.99. The molecule has 2 aliphatic rings. The lowest BCUT2D eigenvalue weighted by Gasteiger charge is -2.41. The quantitative estimate of drug-likeness (QED) is 0.704. The van der Waals surface area contributed by atoms with Crippen molar-refractivity contribution in [2.45, 2.75) is 38.5 Å². The zero-order chi connectivity index (χ0) is 12.6. The summed E-state index contributed by atoms with van der Waals surface area (Å²) in [6, 6.07) is 0. The average molecular weight is 254 g/mol. The molecule has 2 unspecified atom stereocenters. The van der Waals surface area contributed by atoms with Gasteiger partial charge >= 0.3 is 0 Å². The molecule has 0 aromatic carbocycles. The van der Waals surface area contributed by atoms with Crippen molar-refractivity contribution in [1.29, 1.82) is 0 Å². The number of nitrogens with one attached hydrogen (secondary N) is 1. The zero-order valence-corrected chi connectivity index (χ0v) is 12.0. The smallest absolute Gasteiger partial charge is 0.0474 e. The Morgan fingerprint density at radius 1 is 1.11 bits per heavy atom. The molecule has 1 heterocycles. The van der Waals surface area contributed by atoms with Crippen LogP contribution in [0.4, 0.5) is 0 Å². The van der Waals surface area contributed by atoms with Crippen molar-refractivity contribution in [3.8, 4) is 0 Å². The Kier molecular flexibility index (Phi) is 6.46. The molecule has 0 spiro atoms. The number of nitrogens with zero attached hydrogens (tertiary/aromatic N) is 1. The van der Waals surface area contributed by atoms with E-state index in [1.807, 2.05) is 0 Å². The van der Waals surface area contributed by atoms with Crippen molar-refractivity contribution in [3.63, 3.8) is 0 Å². The minimum Gasteiger partial charge on any atom is -0.385 e. The summed E-state index contributed by atoms with van der Waals surface area (Å²) in [5, 5.41) is 3.52. The van der Waals surface area contributed by atoms with E-state index in [1.54, 1.807) is 7.11 Å². The van der Waals surface area contributed by atoms with Gasteiger partial charge in [0, 0.05) is 33.4 Å². The van der Waals surface area contributed by atoms with Gasteiger partial charge in [-0.1, -0.05) is 19.3 Å². The molecular weight excluding hydrogens is 224 g/mol. The molecule has 3 heteroatoms. The monoisotopic (exact) mass is 254 g/mol. The predicted molar refractivity (Wildman–Crippen MR) is 75.9 cm³/mol. The maximum atomic E-state index is 5.05. The van der Waals surface area contributed by atoms with Crippen LogP contribution < -0.4 is 5.32 Å². The van der Waals surface area contributed by atoms with Crippen LogP contribution in [0.5, 0.6) is 0 Å². The molecule has 1 N–H and O–H groups in total. The maximum absolute atomic E-state index is 5.05. The summed E-state index contributed by atoms with van der Waals surface area (Å²) in [4.78, 5) is 2.68. The van der Waals surface area contributed by atoms with Crippen LogP contribution in [0.25, 0.3) is 0 Å². The maximum Gasteiger partial charge on any atom is 0.0474 e. The van der Waals surface area contributed by atoms with E-state index in [2.05, 4.69) is 10.2 Å². The van der Waals surface area contributed by atoms with Gasteiger partial charge in [0.05, 0.1) is 0 Å². The Labute approximate surface area is 112 Å². The van der Waals surface area contributed by atoms with Gasteiger partial charge in [-0.15, -0.1) is 0 Å². The fourth-order valence-corrected chi connectivity index (χ4v) is 3.58. The van der Waals surface area contributed by atoms with Gasteiger partial charge < -0.3 is 15.0 Å². The number of fused-ring (bicyclic) bond motifs is 1. The molecule has 2 fully saturated rings. The first kappa shape index (κ1) is 14.3. The Morgan fingerprint density at radius 3 is 2.78 bits per heavy atom. The number of likely N-dealkylation sites (tertiary alicyclic amines) is 1. The van der Waals surface area contributed by atoms with Gasteiger partial charge in [0.1, 0.15) is 0 Å². The molecule has 106 valence electrons. The third kappa shape index (κ3) is 4.52. The van der Waals surface area contributed by atoms with Gasteiger partial charge in [-0.2, -0.15) is 0 Å². The highest BCUT2D eigenvalue weighted by atomic mass is 16.5. The SMILES string of the molecule is COCCCNCCN1CCC2CCCCC2C1. The van der Waals surface area contributed by atoms with Crippen LogP contribution in [0.15, 0.2) is 0 Å².